The van der Waals surface area contributed by atoms with Crippen LogP contribution in [-0.4, -0.2) is 130 Å². The quantitative estimate of drug-likeness (QED) is 0.0397. The molecular weight excluding hydrogens is 1140 g/mol. The van der Waals surface area contributed by atoms with Crippen LogP contribution in [0.15, 0.2) is 133 Å². The van der Waals surface area contributed by atoms with Gasteiger partial charge in [-0.25, -0.2) is 17.6 Å². The standard InChI is InChI=1S/C36H40F2N2O5.C36H42F2N2O4/c1-23-13-26(18-28(14-23)35(43)40-11-6-9-31(40)22-45-2)33(41)19-27(15-25-16-29(37)20-30(38)17-25)34(42)32-10-12-39(36(32)44)21-24-7-4-3-5-8-24;1-4-12-39(13-5-2)35(43)29-16-24(3)15-27(20-29)33(41)21-28(17-26-18-30(37)22-31(38)19-26)34(42)32-11-14-40(36(32)44)23-25-9-7-6-8-10-25/h3-5,7-8,13-14,16-18,20,27,31-32,34,42H,6,9-12,15,19,21-22H2,1-2H3;6-10,15-16,18-20,22,28,32,34,42H,4-5,11-14,17,21,23H2,1-3H3/t27-,31-,32+,34+;28-,32+,34+/m11/s1. The van der Waals surface area contributed by atoms with Crippen molar-refractivity contribution in [2.24, 2.45) is 23.7 Å². The van der Waals surface area contributed by atoms with Gasteiger partial charge in [-0.1, -0.05) is 74.5 Å². The van der Waals surface area contributed by atoms with Crippen molar-refractivity contribution in [1.29, 1.82) is 0 Å². The third-order valence-corrected chi connectivity index (χ3v) is 17.2. The van der Waals surface area contributed by atoms with Gasteiger partial charge in [-0.15, -0.1) is 0 Å². The number of nitrogens with zero attached hydrogens (tertiary/aromatic N) is 4. The summed E-state index contributed by atoms with van der Waals surface area (Å²) in [5.74, 6) is -7.49. The van der Waals surface area contributed by atoms with E-state index < -0.39 is 59.1 Å². The summed E-state index contributed by atoms with van der Waals surface area (Å²) in [6.07, 6.45) is 1.38. The summed E-state index contributed by atoms with van der Waals surface area (Å²) in [6, 6.07) is 35.4. The van der Waals surface area contributed by atoms with Gasteiger partial charge in [-0.3, -0.25) is 28.8 Å². The van der Waals surface area contributed by atoms with Crippen LogP contribution in [0.4, 0.5) is 17.6 Å². The largest absolute Gasteiger partial charge is 0.392 e. The van der Waals surface area contributed by atoms with Gasteiger partial charge in [0.15, 0.2) is 11.6 Å². The van der Waals surface area contributed by atoms with Crippen LogP contribution in [0.1, 0.15) is 140 Å². The van der Waals surface area contributed by atoms with Gasteiger partial charge in [0.1, 0.15) is 23.3 Å². The molecule has 0 spiro atoms. The number of halogens is 4. The van der Waals surface area contributed by atoms with Crippen molar-refractivity contribution in [3.63, 3.8) is 0 Å². The van der Waals surface area contributed by atoms with Crippen LogP contribution in [0.2, 0.25) is 0 Å². The van der Waals surface area contributed by atoms with Gasteiger partial charge < -0.3 is 34.5 Å². The Morgan fingerprint density at radius 1 is 0.551 bits per heavy atom. The number of hydrogen-bond donors (Lipinski definition) is 2. The first-order valence-electron chi connectivity index (χ1n) is 31.0. The summed E-state index contributed by atoms with van der Waals surface area (Å²) in [5, 5.41) is 23.2. The number of aryl methyl sites for hydroxylation is 2. The molecule has 3 fully saturated rings. The fourth-order valence-electron chi connectivity index (χ4n) is 12.9. The number of ketones is 2. The SMILES string of the molecule is CCCN(CCC)C(=O)c1cc(C)cc(C(=O)C[C@@H](Cc2cc(F)cc(F)c2)[C@H](O)[C@@H]2CCN(Cc3ccccc3)C2=O)c1.COC[C@H]1CCCN1C(=O)c1cc(C)cc(C(=O)C[C@@H](Cc2cc(F)cc(F)c2)[C@H](O)[C@@H]2CCN(Cc3ccccc3)C2=O)c1. The third-order valence-electron chi connectivity index (χ3n) is 17.2. The number of carbonyl (C=O) groups is 6. The molecule has 9 rings (SSSR count). The average molecular weight is 1220 g/mol. The van der Waals surface area contributed by atoms with Gasteiger partial charge >= 0.3 is 0 Å². The summed E-state index contributed by atoms with van der Waals surface area (Å²) in [4.78, 5) is 88.2. The zero-order chi connectivity index (χ0) is 63.9. The lowest BCUT2D eigenvalue weighted by Gasteiger charge is -2.27. The molecule has 3 heterocycles. The van der Waals surface area contributed by atoms with Crippen LogP contribution in [0.3, 0.4) is 0 Å². The summed E-state index contributed by atoms with van der Waals surface area (Å²) in [7, 11) is 1.60. The van der Waals surface area contributed by atoms with Crippen LogP contribution < -0.4 is 0 Å². The Morgan fingerprint density at radius 3 is 1.39 bits per heavy atom. The molecule has 4 amide bonds. The molecule has 6 aromatic rings. The fraction of sp³-hybridized carbons (Fsp3) is 0.417. The maximum absolute atomic E-state index is 14.1. The van der Waals surface area contributed by atoms with E-state index in [1.807, 2.05) is 88.4 Å². The van der Waals surface area contributed by atoms with E-state index in [-0.39, 0.29) is 72.5 Å². The molecular formula is C72H82F4N4O9. The number of benzene rings is 6. The molecule has 0 radical (unpaired) electrons. The maximum atomic E-state index is 14.1. The Balaban J connectivity index is 0.000000230. The molecule has 0 bridgehead atoms. The molecule has 7 atom stereocenters. The number of aliphatic hydroxyl groups is 2. The lowest BCUT2D eigenvalue weighted by Crippen LogP contribution is -2.38. The number of amides is 4. The minimum Gasteiger partial charge on any atom is -0.392 e. The van der Waals surface area contributed by atoms with E-state index in [1.165, 1.54) is 24.3 Å². The minimum absolute atomic E-state index is 0.00241. The first-order chi connectivity index (χ1) is 42.7. The smallest absolute Gasteiger partial charge is 0.254 e. The molecule has 472 valence electrons. The maximum Gasteiger partial charge on any atom is 0.254 e. The second kappa shape index (κ2) is 31.5. The Kier molecular flexibility index (Phi) is 23.8. The van der Waals surface area contributed by atoms with Gasteiger partial charge in [0.25, 0.3) is 11.8 Å². The van der Waals surface area contributed by atoms with E-state index in [1.54, 1.807) is 63.1 Å². The summed E-state index contributed by atoms with van der Waals surface area (Å²) in [6.45, 7) is 11.6. The Morgan fingerprint density at radius 2 is 0.966 bits per heavy atom. The van der Waals surface area contributed by atoms with Gasteiger partial charge in [-0.2, -0.15) is 0 Å². The summed E-state index contributed by atoms with van der Waals surface area (Å²) in [5.41, 5.74) is 5.46. The average Bonchev–Trinajstić information content (AvgIpc) is 4.47. The highest BCUT2D eigenvalue weighted by Crippen LogP contribution is 2.34. The number of hydrogen-bond acceptors (Lipinski definition) is 9. The van der Waals surface area contributed by atoms with E-state index in [4.69, 9.17) is 4.74 Å². The summed E-state index contributed by atoms with van der Waals surface area (Å²) >= 11 is 0. The first kappa shape index (κ1) is 67.1. The highest BCUT2D eigenvalue weighted by Gasteiger charge is 2.42. The monoisotopic (exact) mass is 1220 g/mol. The molecule has 0 saturated carbocycles. The topological polar surface area (TPSA) is 165 Å². The third kappa shape index (κ3) is 17.9. The second-order valence-electron chi connectivity index (χ2n) is 24.2. The molecule has 2 N–H and O–H groups in total. The van der Waals surface area contributed by atoms with E-state index in [9.17, 15) is 56.5 Å². The van der Waals surface area contributed by atoms with Gasteiger partial charge in [-0.05, 0) is 171 Å². The number of carbonyl (C=O) groups excluding carboxylic acids is 6. The van der Waals surface area contributed by atoms with Crippen molar-refractivity contribution in [1.82, 2.24) is 19.6 Å². The normalized spacial score (nSPS) is 17.9. The number of methoxy groups -OCH3 is 1. The van der Waals surface area contributed by atoms with Crippen molar-refractivity contribution in [3.05, 3.63) is 212 Å². The molecule has 6 aromatic carbocycles. The predicted octanol–water partition coefficient (Wildman–Crippen LogP) is 11.7. The van der Waals surface area contributed by atoms with Crippen molar-refractivity contribution in [3.8, 4) is 0 Å². The molecule has 17 heteroatoms. The van der Waals surface area contributed by atoms with Crippen LogP contribution >= 0.6 is 0 Å². The molecule has 3 aliphatic heterocycles. The van der Waals surface area contributed by atoms with Crippen LogP contribution in [0.25, 0.3) is 0 Å². The zero-order valence-corrected chi connectivity index (χ0v) is 51.5. The van der Waals surface area contributed by atoms with Crippen molar-refractivity contribution < 1.29 is 61.3 Å². The minimum atomic E-state index is -1.22. The number of aliphatic hydroxyl groups excluding tert-OH is 2. The molecule has 0 aromatic heterocycles. The fourth-order valence-corrected chi connectivity index (χ4v) is 12.9. The van der Waals surface area contributed by atoms with Crippen LogP contribution in [0.5, 0.6) is 0 Å². The molecule has 3 aliphatic rings. The Bertz CT molecular complexity index is 3400. The number of ether oxygens (including phenoxy) is 1. The first-order valence-corrected chi connectivity index (χ1v) is 31.0. The number of rotatable bonds is 26. The molecule has 13 nitrogen and oxygen atoms in total. The molecule has 0 unspecified atom stereocenters. The second-order valence-corrected chi connectivity index (χ2v) is 24.2. The summed E-state index contributed by atoms with van der Waals surface area (Å²) < 4.78 is 61.7. The Labute approximate surface area is 519 Å². The van der Waals surface area contributed by atoms with Gasteiger partial charge in [0, 0.05) is 100 Å². The van der Waals surface area contributed by atoms with Crippen molar-refractivity contribution in [2.45, 2.75) is 123 Å². The highest BCUT2D eigenvalue weighted by molar-refractivity contribution is 6.02. The number of Topliss-reactive ketones (excluding diaryl/α,β-unsaturated/α-hetero) is 2. The van der Waals surface area contributed by atoms with Crippen LogP contribution in [-0.2, 0) is 40.3 Å². The van der Waals surface area contributed by atoms with Crippen LogP contribution in [0, 0.1) is 60.8 Å². The van der Waals surface area contributed by atoms with E-state index in [0.717, 1.165) is 60.1 Å². The zero-order valence-electron chi connectivity index (χ0n) is 51.5. The van der Waals surface area contributed by atoms with Gasteiger partial charge in [0.2, 0.25) is 11.8 Å². The Hall–Kier alpha value is -7.86. The predicted molar refractivity (Wildman–Crippen MR) is 332 cm³/mol. The van der Waals surface area contributed by atoms with E-state index in [2.05, 4.69) is 0 Å². The highest BCUT2D eigenvalue weighted by atomic mass is 19.1. The molecule has 0 aliphatic carbocycles. The lowest BCUT2D eigenvalue weighted by molar-refractivity contribution is -0.136. The lowest BCUT2D eigenvalue weighted by atomic mass is 9.81. The molecule has 3 saturated heterocycles. The van der Waals surface area contributed by atoms with Crippen molar-refractivity contribution >= 4 is 35.2 Å². The van der Waals surface area contributed by atoms with E-state index >= 15 is 0 Å². The molecule has 89 heavy (non-hydrogen) atoms. The number of likely N-dealkylation sites (tertiary alicyclic amines) is 3. The van der Waals surface area contributed by atoms with Crippen molar-refractivity contribution in [2.75, 3.05) is 46.4 Å². The van der Waals surface area contributed by atoms with Gasteiger partial charge in [0.05, 0.1) is 36.7 Å². The van der Waals surface area contributed by atoms with E-state index in [0.29, 0.717) is 93.1 Å².